The van der Waals surface area contributed by atoms with Gasteiger partial charge < -0.3 is 25.0 Å². The third kappa shape index (κ3) is 4.29. The van der Waals surface area contributed by atoms with Crippen LogP contribution in [0.1, 0.15) is 12.8 Å². The van der Waals surface area contributed by atoms with Crippen LogP contribution in [0, 0.1) is 5.92 Å². The fourth-order valence-corrected chi connectivity index (χ4v) is 4.40. The van der Waals surface area contributed by atoms with Crippen LogP contribution in [0.25, 0.3) is 17.0 Å². The zero-order chi connectivity index (χ0) is 23.9. The highest BCUT2D eigenvalue weighted by molar-refractivity contribution is 5.82. The molecule has 0 saturated carbocycles. The van der Waals surface area contributed by atoms with Crippen LogP contribution in [0.2, 0.25) is 0 Å². The molecule has 2 N–H and O–H groups in total. The van der Waals surface area contributed by atoms with Crippen LogP contribution in [-0.2, 0) is 0 Å². The lowest BCUT2D eigenvalue weighted by atomic mass is 9.97. The summed E-state index contributed by atoms with van der Waals surface area (Å²) in [5.74, 6) is 2.35. The van der Waals surface area contributed by atoms with E-state index in [9.17, 15) is 13.2 Å². The minimum absolute atomic E-state index is 0.0876. The van der Waals surface area contributed by atoms with Crippen molar-refractivity contribution in [1.29, 1.82) is 0 Å². The molecule has 34 heavy (non-hydrogen) atoms. The predicted molar refractivity (Wildman–Crippen MR) is 121 cm³/mol. The van der Waals surface area contributed by atoms with Crippen LogP contribution in [0.15, 0.2) is 24.3 Å². The minimum atomic E-state index is -4.42. The van der Waals surface area contributed by atoms with Crippen LogP contribution in [0.4, 0.5) is 24.7 Å². The number of likely N-dealkylation sites (N-methyl/N-ethyl adjacent to an activating group) is 1. The zero-order valence-corrected chi connectivity index (χ0v) is 18.8. The van der Waals surface area contributed by atoms with E-state index < -0.39 is 12.8 Å². The Labute approximate surface area is 194 Å². The monoisotopic (exact) mass is 477 g/mol. The van der Waals surface area contributed by atoms with Gasteiger partial charge in [0.25, 0.3) is 0 Å². The number of rotatable bonds is 5. The highest BCUT2D eigenvalue weighted by Gasteiger charge is 2.31. The van der Waals surface area contributed by atoms with Crippen molar-refractivity contribution < 1.29 is 22.6 Å². The molecule has 0 amide bonds. The Balaban J connectivity index is 1.57. The number of ether oxygens (including phenoxy) is 2. The summed E-state index contributed by atoms with van der Waals surface area (Å²) >= 11 is 0. The minimum Gasteiger partial charge on any atom is -0.486 e. The summed E-state index contributed by atoms with van der Waals surface area (Å²) in [4.78, 5) is 4.33. The van der Waals surface area contributed by atoms with E-state index in [-0.39, 0.29) is 5.75 Å². The van der Waals surface area contributed by atoms with Crippen molar-refractivity contribution in [3.05, 3.63) is 24.3 Å². The summed E-state index contributed by atoms with van der Waals surface area (Å²) < 4.78 is 50.3. The molecule has 5 rings (SSSR count). The maximum Gasteiger partial charge on any atom is 0.422 e. The normalized spacial score (nSPS) is 17.1. The number of hydrogen-bond acceptors (Lipinski definition) is 8. The van der Waals surface area contributed by atoms with Crippen molar-refractivity contribution in [2.75, 3.05) is 56.2 Å². The van der Waals surface area contributed by atoms with Crippen LogP contribution < -0.4 is 25.0 Å². The number of anilines is 2. The van der Waals surface area contributed by atoms with E-state index in [2.05, 4.69) is 20.0 Å². The van der Waals surface area contributed by atoms with Gasteiger partial charge in [0.05, 0.1) is 6.54 Å². The smallest absolute Gasteiger partial charge is 0.422 e. The molecule has 0 spiro atoms. The van der Waals surface area contributed by atoms with E-state index >= 15 is 0 Å². The Hall–Kier alpha value is -3.28. The van der Waals surface area contributed by atoms with E-state index in [1.165, 1.54) is 12.1 Å². The number of benzene rings is 1. The van der Waals surface area contributed by atoms with Crippen molar-refractivity contribution >= 4 is 17.2 Å². The van der Waals surface area contributed by atoms with Gasteiger partial charge in [0, 0.05) is 25.7 Å². The average molecular weight is 477 g/mol. The molecule has 1 saturated heterocycles. The van der Waals surface area contributed by atoms with Gasteiger partial charge in [0.15, 0.2) is 24.0 Å². The molecule has 2 aliphatic rings. The van der Waals surface area contributed by atoms with E-state index in [0.29, 0.717) is 41.9 Å². The highest BCUT2D eigenvalue weighted by Crippen LogP contribution is 2.42. The largest absolute Gasteiger partial charge is 0.486 e. The number of aromatic nitrogens is 4. The van der Waals surface area contributed by atoms with Gasteiger partial charge >= 0.3 is 6.18 Å². The zero-order valence-electron chi connectivity index (χ0n) is 18.8. The molecular weight excluding hydrogens is 451 g/mol. The summed E-state index contributed by atoms with van der Waals surface area (Å²) in [7, 11) is 1.99. The Morgan fingerprint density at radius 1 is 1.18 bits per heavy atom. The molecule has 12 heteroatoms. The van der Waals surface area contributed by atoms with Gasteiger partial charge in [-0.15, -0.1) is 15.3 Å². The van der Waals surface area contributed by atoms with Gasteiger partial charge in [0.2, 0.25) is 5.65 Å². The molecule has 0 radical (unpaired) electrons. The summed E-state index contributed by atoms with van der Waals surface area (Å²) in [5.41, 5.74) is 7.73. The van der Waals surface area contributed by atoms with Gasteiger partial charge in [-0.25, -0.2) is 0 Å². The molecule has 9 nitrogen and oxygen atoms in total. The summed E-state index contributed by atoms with van der Waals surface area (Å²) in [6.45, 7) is 2.16. The first-order chi connectivity index (χ1) is 16.3. The number of nitrogens with zero attached hydrogens (tertiary/aromatic N) is 6. The molecule has 1 aromatic carbocycles. The van der Waals surface area contributed by atoms with E-state index in [4.69, 9.17) is 20.3 Å². The molecule has 182 valence electrons. The molecule has 1 fully saturated rings. The SMILES string of the molecule is CN1CCOc2c1c(N1CCC(CN)CC1)nn1c(-c3cccc(OCC(F)(F)F)c3)nnc21. The second kappa shape index (κ2) is 8.82. The van der Waals surface area contributed by atoms with Gasteiger partial charge in [-0.1, -0.05) is 12.1 Å². The third-order valence-corrected chi connectivity index (χ3v) is 6.26. The van der Waals surface area contributed by atoms with Gasteiger partial charge in [-0.3, -0.25) is 0 Å². The van der Waals surface area contributed by atoms with E-state index in [0.717, 1.165) is 44.0 Å². The Morgan fingerprint density at radius 3 is 2.71 bits per heavy atom. The molecule has 0 unspecified atom stereocenters. The lowest BCUT2D eigenvalue weighted by Gasteiger charge is -2.36. The average Bonchev–Trinajstić information content (AvgIpc) is 3.27. The lowest BCUT2D eigenvalue weighted by Crippen LogP contribution is -2.39. The van der Waals surface area contributed by atoms with Gasteiger partial charge in [-0.2, -0.15) is 17.7 Å². The molecular formula is C22H26F3N7O2. The maximum atomic E-state index is 12.6. The van der Waals surface area contributed by atoms with Crippen LogP contribution >= 0.6 is 0 Å². The number of nitrogens with two attached hydrogens (primary N) is 1. The second-order valence-electron chi connectivity index (χ2n) is 8.63. The summed E-state index contributed by atoms with van der Waals surface area (Å²) in [5, 5.41) is 13.5. The Bertz CT molecular complexity index is 1180. The molecule has 0 bridgehead atoms. The first-order valence-electron chi connectivity index (χ1n) is 11.2. The number of alkyl halides is 3. The number of fused-ring (bicyclic) bond motifs is 3. The van der Waals surface area contributed by atoms with Crippen LogP contribution in [-0.4, -0.2) is 72.4 Å². The first-order valence-corrected chi connectivity index (χ1v) is 11.2. The highest BCUT2D eigenvalue weighted by atomic mass is 19.4. The summed E-state index contributed by atoms with van der Waals surface area (Å²) in [6, 6.07) is 6.32. The quantitative estimate of drug-likeness (QED) is 0.600. The fourth-order valence-electron chi connectivity index (χ4n) is 4.40. The molecule has 0 aliphatic carbocycles. The van der Waals surface area contributed by atoms with Crippen molar-refractivity contribution in [3.8, 4) is 22.9 Å². The molecule has 2 aliphatic heterocycles. The molecule has 4 heterocycles. The van der Waals surface area contributed by atoms with E-state index in [1.807, 2.05) is 7.05 Å². The Morgan fingerprint density at radius 2 is 1.97 bits per heavy atom. The first kappa shape index (κ1) is 22.5. The van der Waals surface area contributed by atoms with Crippen LogP contribution in [0.5, 0.6) is 11.5 Å². The molecule has 3 aromatic rings. The van der Waals surface area contributed by atoms with Crippen molar-refractivity contribution in [1.82, 2.24) is 19.8 Å². The predicted octanol–water partition coefficient (Wildman–Crippen LogP) is 2.74. The molecule has 0 atom stereocenters. The van der Waals surface area contributed by atoms with Crippen LogP contribution in [0.3, 0.4) is 0 Å². The standard InChI is InChI=1S/C22H26F3N7O2/c1-30-9-10-33-18-17(30)20(31-7-5-14(12-26)6-8-31)29-32-19(27-28-21(18)32)15-3-2-4-16(11-15)34-13-22(23,24)25/h2-4,11,14H,5-10,12-13,26H2,1H3. The molecule has 2 aromatic heterocycles. The topological polar surface area (TPSA) is 94.0 Å². The summed E-state index contributed by atoms with van der Waals surface area (Å²) in [6.07, 6.45) is -2.47. The number of hydrogen-bond donors (Lipinski definition) is 1. The maximum absolute atomic E-state index is 12.6. The van der Waals surface area contributed by atoms with Crippen molar-refractivity contribution in [2.45, 2.75) is 19.0 Å². The second-order valence-corrected chi connectivity index (χ2v) is 8.63. The van der Waals surface area contributed by atoms with Crippen molar-refractivity contribution in [3.63, 3.8) is 0 Å². The van der Waals surface area contributed by atoms with Crippen molar-refractivity contribution in [2.24, 2.45) is 11.7 Å². The Kier molecular flexibility index (Phi) is 5.84. The van der Waals surface area contributed by atoms with Gasteiger partial charge in [-0.05, 0) is 37.4 Å². The van der Waals surface area contributed by atoms with Gasteiger partial charge in [0.1, 0.15) is 18.0 Å². The fraction of sp³-hybridized carbons (Fsp3) is 0.500. The van der Waals surface area contributed by atoms with E-state index in [1.54, 1.807) is 16.6 Å². The third-order valence-electron chi connectivity index (χ3n) is 6.26. The lowest BCUT2D eigenvalue weighted by molar-refractivity contribution is -0.153. The number of halogens is 3. The number of piperidine rings is 1.